The summed E-state index contributed by atoms with van der Waals surface area (Å²) in [5.41, 5.74) is -0.353. The molecule has 2 rings (SSSR count). The van der Waals surface area contributed by atoms with Gasteiger partial charge in [0, 0.05) is 40.2 Å². The van der Waals surface area contributed by atoms with Gasteiger partial charge in [0.05, 0.1) is 17.6 Å². The Bertz CT molecular complexity index is 775. The predicted molar refractivity (Wildman–Crippen MR) is 104 cm³/mol. The highest BCUT2D eigenvalue weighted by molar-refractivity contribution is 6.76. The maximum absolute atomic E-state index is 13.6. The molecule has 0 aromatic carbocycles. The molecule has 2 aromatic heterocycles. The van der Waals surface area contributed by atoms with Gasteiger partial charge in [-0.05, 0) is 12.1 Å². The molecule has 0 fully saturated rings. The van der Waals surface area contributed by atoms with E-state index in [9.17, 15) is 13.2 Å². The molecule has 5 nitrogen and oxygen atoms in total. The SMILES string of the molecule is COCCNc1cc(Cl)nc2c1c(C(F)(F)F)cn2COCC[Si](C)(C)C. The first-order valence-electron chi connectivity index (χ1n) is 8.60. The zero-order valence-corrected chi connectivity index (χ0v) is 17.7. The first-order chi connectivity index (χ1) is 12.5. The standard InChI is InChI=1S/C17H25ClF3N3O2Si/c1-25-6-5-22-13-9-14(18)23-16-15(13)12(17(19,20)21)10-24(16)11-26-7-8-27(2,3)4/h9-10H,5-8,11H2,1-4H3,(H,22,23). The molecule has 10 heteroatoms. The molecule has 2 heterocycles. The third kappa shape index (κ3) is 6.10. The molecule has 0 aliphatic carbocycles. The number of alkyl halides is 3. The van der Waals surface area contributed by atoms with E-state index in [4.69, 9.17) is 21.1 Å². The second-order valence-electron chi connectivity index (χ2n) is 7.47. The number of methoxy groups -OCH3 is 1. The summed E-state index contributed by atoms with van der Waals surface area (Å²) < 4.78 is 52.7. The van der Waals surface area contributed by atoms with Gasteiger partial charge in [-0.25, -0.2) is 4.98 Å². The zero-order chi connectivity index (χ0) is 20.2. The number of nitrogens with zero attached hydrogens (tertiary/aromatic N) is 2. The van der Waals surface area contributed by atoms with Crippen LogP contribution >= 0.6 is 11.6 Å². The van der Waals surface area contributed by atoms with Gasteiger partial charge in [0.1, 0.15) is 17.5 Å². The number of aromatic nitrogens is 2. The van der Waals surface area contributed by atoms with Crippen molar-refractivity contribution in [1.29, 1.82) is 0 Å². The van der Waals surface area contributed by atoms with Crippen molar-refractivity contribution in [2.24, 2.45) is 0 Å². The van der Waals surface area contributed by atoms with Gasteiger partial charge in [0.2, 0.25) is 0 Å². The average Bonchev–Trinajstić information content (AvgIpc) is 2.90. The Morgan fingerprint density at radius 2 is 1.96 bits per heavy atom. The molecular weight excluding hydrogens is 399 g/mol. The van der Waals surface area contributed by atoms with Gasteiger partial charge in [-0.3, -0.25) is 0 Å². The van der Waals surface area contributed by atoms with E-state index in [1.54, 1.807) is 0 Å². The van der Waals surface area contributed by atoms with E-state index in [1.165, 1.54) is 17.7 Å². The molecule has 0 radical (unpaired) electrons. The van der Waals surface area contributed by atoms with E-state index in [1.807, 2.05) is 0 Å². The minimum atomic E-state index is -4.52. The van der Waals surface area contributed by atoms with Crippen molar-refractivity contribution in [3.63, 3.8) is 0 Å². The summed E-state index contributed by atoms with van der Waals surface area (Å²) in [6.45, 7) is 7.82. The lowest BCUT2D eigenvalue weighted by Gasteiger charge is -2.15. The van der Waals surface area contributed by atoms with Crippen LogP contribution in [0.15, 0.2) is 12.3 Å². The monoisotopic (exact) mass is 423 g/mol. The van der Waals surface area contributed by atoms with Gasteiger partial charge in [0.25, 0.3) is 0 Å². The molecule has 0 spiro atoms. The quantitative estimate of drug-likeness (QED) is 0.347. The summed E-state index contributed by atoms with van der Waals surface area (Å²) in [6.07, 6.45) is -3.49. The van der Waals surface area contributed by atoms with Crippen molar-refractivity contribution in [1.82, 2.24) is 9.55 Å². The lowest BCUT2D eigenvalue weighted by Crippen LogP contribution is -2.22. The van der Waals surface area contributed by atoms with Crippen LogP contribution in [-0.4, -0.2) is 44.5 Å². The van der Waals surface area contributed by atoms with E-state index in [2.05, 4.69) is 29.9 Å². The third-order valence-corrected chi connectivity index (χ3v) is 5.85. The summed E-state index contributed by atoms with van der Waals surface area (Å²) in [4.78, 5) is 4.11. The molecule has 0 aliphatic rings. The number of pyridine rings is 1. The molecule has 0 amide bonds. The number of hydrogen-bond acceptors (Lipinski definition) is 4. The van der Waals surface area contributed by atoms with Crippen LogP contribution in [0.25, 0.3) is 11.0 Å². The fourth-order valence-corrected chi connectivity index (χ4v) is 3.48. The summed E-state index contributed by atoms with van der Waals surface area (Å²) in [5.74, 6) is 0. The molecule has 1 N–H and O–H groups in total. The van der Waals surface area contributed by atoms with E-state index in [0.29, 0.717) is 19.8 Å². The van der Waals surface area contributed by atoms with Crippen LogP contribution in [0.3, 0.4) is 0 Å². The number of fused-ring (bicyclic) bond motifs is 1. The zero-order valence-electron chi connectivity index (χ0n) is 15.9. The maximum Gasteiger partial charge on any atom is 0.418 e. The number of anilines is 1. The van der Waals surface area contributed by atoms with Crippen molar-refractivity contribution in [2.45, 2.75) is 38.6 Å². The molecule has 27 heavy (non-hydrogen) atoms. The van der Waals surface area contributed by atoms with Crippen molar-refractivity contribution in [2.75, 3.05) is 32.2 Å². The van der Waals surface area contributed by atoms with Gasteiger partial charge >= 0.3 is 6.18 Å². The fourth-order valence-electron chi connectivity index (χ4n) is 2.54. The predicted octanol–water partition coefficient (Wildman–Crippen LogP) is 5.08. The van der Waals surface area contributed by atoms with Gasteiger partial charge in [0.15, 0.2) is 0 Å². The number of hydrogen-bond donors (Lipinski definition) is 1. The minimum Gasteiger partial charge on any atom is -0.383 e. The first-order valence-corrected chi connectivity index (χ1v) is 12.7. The van der Waals surface area contributed by atoms with Crippen LogP contribution in [0, 0.1) is 0 Å². The van der Waals surface area contributed by atoms with Gasteiger partial charge in [-0.15, -0.1) is 0 Å². The molecule has 0 atom stereocenters. The van der Waals surface area contributed by atoms with Gasteiger partial charge < -0.3 is 19.4 Å². The maximum atomic E-state index is 13.6. The Kier molecular flexibility index (Phi) is 7.18. The number of halogens is 4. The third-order valence-electron chi connectivity index (χ3n) is 3.95. The molecule has 0 aliphatic heterocycles. The van der Waals surface area contributed by atoms with Crippen molar-refractivity contribution in [3.8, 4) is 0 Å². The van der Waals surface area contributed by atoms with E-state index >= 15 is 0 Å². The topological polar surface area (TPSA) is 48.3 Å². The van der Waals surface area contributed by atoms with E-state index in [0.717, 1.165) is 12.2 Å². The molecule has 0 saturated carbocycles. The van der Waals surface area contributed by atoms with Crippen molar-refractivity contribution >= 4 is 36.4 Å². The average molecular weight is 424 g/mol. The number of nitrogens with one attached hydrogen (secondary N) is 1. The molecule has 0 bridgehead atoms. The van der Waals surface area contributed by atoms with Crippen LogP contribution < -0.4 is 5.32 Å². The smallest absolute Gasteiger partial charge is 0.383 e. The Balaban J connectivity index is 2.37. The lowest BCUT2D eigenvalue weighted by molar-refractivity contribution is -0.136. The van der Waals surface area contributed by atoms with Crippen LogP contribution in [0.2, 0.25) is 30.8 Å². The fraction of sp³-hybridized carbons (Fsp3) is 0.588. The number of ether oxygens (including phenoxy) is 2. The van der Waals surface area contributed by atoms with E-state index in [-0.39, 0.29) is 28.6 Å². The Morgan fingerprint density at radius 1 is 1.26 bits per heavy atom. The Morgan fingerprint density at radius 3 is 2.56 bits per heavy atom. The molecular formula is C17H25ClF3N3O2Si. The Hall–Kier alpha value is -1.29. The summed E-state index contributed by atoms with van der Waals surface area (Å²) >= 11 is 6.04. The highest BCUT2D eigenvalue weighted by atomic mass is 35.5. The van der Waals surface area contributed by atoms with Crippen LogP contribution in [-0.2, 0) is 22.4 Å². The Labute approximate surface area is 162 Å². The van der Waals surface area contributed by atoms with Crippen molar-refractivity contribution in [3.05, 3.63) is 23.0 Å². The normalized spacial score (nSPS) is 12.7. The molecule has 2 aromatic rings. The number of rotatable bonds is 9. The first kappa shape index (κ1) is 22.0. The highest BCUT2D eigenvalue weighted by Gasteiger charge is 2.36. The highest BCUT2D eigenvalue weighted by Crippen LogP contribution is 2.39. The van der Waals surface area contributed by atoms with Gasteiger partial charge in [-0.2, -0.15) is 13.2 Å². The second kappa shape index (κ2) is 8.81. The van der Waals surface area contributed by atoms with Crippen LogP contribution in [0.4, 0.5) is 18.9 Å². The van der Waals surface area contributed by atoms with Crippen molar-refractivity contribution < 1.29 is 22.6 Å². The summed E-state index contributed by atoms with van der Waals surface area (Å²) in [6, 6.07) is 2.32. The summed E-state index contributed by atoms with van der Waals surface area (Å²) in [5, 5.41) is 3.04. The van der Waals surface area contributed by atoms with Crippen LogP contribution in [0.5, 0.6) is 0 Å². The lowest BCUT2D eigenvalue weighted by atomic mass is 10.2. The minimum absolute atomic E-state index is 0.0120. The molecule has 0 unspecified atom stereocenters. The van der Waals surface area contributed by atoms with E-state index < -0.39 is 19.8 Å². The van der Waals surface area contributed by atoms with Gasteiger partial charge in [-0.1, -0.05) is 31.2 Å². The molecule has 0 saturated heterocycles. The largest absolute Gasteiger partial charge is 0.418 e. The molecule has 152 valence electrons. The summed E-state index contributed by atoms with van der Waals surface area (Å²) in [7, 11) is 0.237. The van der Waals surface area contributed by atoms with Crippen LogP contribution in [0.1, 0.15) is 5.56 Å². The second-order valence-corrected chi connectivity index (χ2v) is 13.5.